The summed E-state index contributed by atoms with van der Waals surface area (Å²) in [5, 5.41) is 7.53. The number of hydrogen-bond donors (Lipinski definition) is 1. The lowest BCUT2D eigenvalue weighted by molar-refractivity contribution is -0.141. The van der Waals surface area contributed by atoms with E-state index in [2.05, 4.69) is 20.3 Å². The highest BCUT2D eigenvalue weighted by Crippen LogP contribution is 2.36. The highest BCUT2D eigenvalue weighted by Gasteiger charge is 2.34. The molecule has 0 atom stereocenters. The van der Waals surface area contributed by atoms with Crippen LogP contribution in [0.1, 0.15) is 5.69 Å². The van der Waals surface area contributed by atoms with Crippen LogP contribution in [0.15, 0.2) is 59.8 Å². The predicted molar refractivity (Wildman–Crippen MR) is 119 cm³/mol. The Kier molecular flexibility index (Phi) is 5.32. The molecule has 0 bridgehead atoms. The van der Waals surface area contributed by atoms with Gasteiger partial charge in [0.2, 0.25) is 5.95 Å². The standard InChI is InChI=1S/C22H13ClF4N6O2/c1-35-16-9-32(18-6-11-4-5-28-21(24)20(11)29-18)19(34)8-14(16)13-7-12(23)2-3-15(13)33-10-17(30-31-33)22(25,26)27/h2-10,29H,1H3. The molecular formula is C22H13ClF4N6O2. The summed E-state index contributed by atoms with van der Waals surface area (Å²) in [6, 6.07) is 8.77. The number of methoxy groups -OCH3 is 1. The Balaban J connectivity index is 1.68. The van der Waals surface area contributed by atoms with Gasteiger partial charge in [0.05, 0.1) is 25.2 Å². The number of aromatic amines is 1. The number of halogens is 5. The molecule has 8 nitrogen and oxygen atoms in total. The molecule has 0 saturated carbocycles. The summed E-state index contributed by atoms with van der Waals surface area (Å²) >= 11 is 6.16. The summed E-state index contributed by atoms with van der Waals surface area (Å²) in [6.45, 7) is 0. The second-order valence-electron chi connectivity index (χ2n) is 7.39. The fourth-order valence-corrected chi connectivity index (χ4v) is 3.82. The van der Waals surface area contributed by atoms with Gasteiger partial charge in [-0.2, -0.15) is 17.6 Å². The molecule has 4 aromatic heterocycles. The smallest absolute Gasteiger partial charge is 0.436 e. The molecule has 5 aromatic rings. The van der Waals surface area contributed by atoms with Crippen molar-refractivity contribution in [3.63, 3.8) is 0 Å². The molecule has 0 saturated heterocycles. The highest BCUT2D eigenvalue weighted by atomic mass is 35.5. The van der Waals surface area contributed by atoms with Crippen LogP contribution in [0.25, 0.3) is 33.5 Å². The van der Waals surface area contributed by atoms with Gasteiger partial charge in [0.1, 0.15) is 17.1 Å². The number of pyridine rings is 2. The molecule has 0 radical (unpaired) electrons. The number of nitrogens with one attached hydrogen (secondary N) is 1. The molecule has 0 aliphatic heterocycles. The topological polar surface area (TPSA) is 90.6 Å². The van der Waals surface area contributed by atoms with Gasteiger partial charge < -0.3 is 9.72 Å². The average Bonchev–Trinajstić information content (AvgIpc) is 3.47. The van der Waals surface area contributed by atoms with E-state index in [9.17, 15) is 22.4 Å². The lowest BCUT2D eigenvalue weighted by Crippen LogP contribution is -2.18. The Bertz CT molecular complexity index is 1640. The Hall–Kier alpha value is -4.19. The lowest BCUT2D eigenvalue weighted by atomic mass is 10.0. The normalized spacial score (nSPS) is 11.8. The number of fused-ring (bicyclic) bond motifs is 1. The Morgan fingerprint density at radius 1 is 1.09 bits per heavy atom. The Labute approximate surface area is 198 Å². The van der Waals surface area contributed by atoms with Crippen LogP contribution in [-0.2, 0) is 6.18 Å². The van der Waals surface area contributed by atoms with Crippen molar-refractivity contribution < 1.29 is 22.3 Å². The van der Waals surface area contributed by atoms with Gasteiger partial charge in [-0.15, -0.1) is 5.10 Å². The van der Waals surface area contributed by atoms with E-state index in [1.165, 1.54) is 48.3 Å². The largest absolute Gasteiger partial charge is 0.495 e. The molecule has 5 rings (SSSR count). The van der Waals surface area contributed by atoms with Crippen molar-refractivity contribution in [3.8, 4) is 28.4 Å². The van der Waals surface area contributed by atoms with E-state index in [1.807, 2.05) is 0 Å². The monoisotopic (exact) mass is 504 g/mol. The third-order valence-corrected chi connectivity index (χ3v) is 5.49. The van der Waals surface area contributed by atoms with Crippen LogP contribution < -0.4 is 10.3 Å². The minimum Gasteiger partial charge on any atom is -0.495 e. The van der Waals surface area contributed by atoms with E-state index in [0.29, 0.717) is 5.39 Å². The molecular weight excluding hydrogens is 492 g/mol. The van der Waals surface area contributed by atoms with Crippen LogP contribution in [0, 0.1) is 5.95 Å². The molecule has 1 aromatic carbocycles. The molecule has 13 heteroatoms. The first-order chi connectivity index (χ1) is 16.7. The highest BCUT2D eigenvalue weighted by molar-refractivity contribution is 6.31. The van der Waals surface area contributed by atoms with Crippen LogP contribution in [0.3, 0.4) is 0 Å². The van der Waals surface area contributed by atoms with Gasteiger partial charge in [-0.25, -0.2) is 9.67 Å². The zero-order valence-electron chi connectivity index (χ0n) is 17.6. The van der Waals surface area contributed by atoms with Gasteiger partial charge in [0, 0.05) is 33.8 Å². The van der Waals surface area contributed by atoms with E-state index < -0.39 is 23.4 Å². The first-order valence-corrected chi connectivity index (χ1v) is 10.3. The fourth-order valence-electron chi connectivity index (χ4n) is 3.65. The van der Waals surface area contributed by atoms with Crippen molar-refractivity contribution in [2.75, 3.05) is 7.11 Å². The second kappa shape index (κ2) is 8.24. The van der Waals surface area contributed by atoms with Crippen molar-refractivity contribution in [1.29, 1.82) is 0 Å². The Morgan fingerprint density at radius 3 is 2.57 bits per heavy atom. The molecule has 0 amide bonds. The third kappa shape index (κ3) is 4.01. The van der Waals surface area contributed by atoms with E-state index >= 15 is 0 Å². The maximum Gasteiger partial charge on any atom is 0.436 e. The molecule has 1 N–H and O–H groups in total. The number of aromatic nitrogens is 6. The van der Waals surface area contributed by atoms with Gasteiger partial charge in [0.15, 0.2) is 5.69 Å². The first kappa shape index (κ1) is 22.6. The molecule has 0 unspecified atom stereocenters. The fraction of sp³-hybridized carbons (Fsp3) is 0.0909. The van der Waals surface area contributed by atoms with Crippen LogP contribution in [0.2, 0.25) is 5.02 Å². The molecule has 0 spiro atoms. The van der Waals surface area contributed by atoms with E-state index in [0.717, 1.165) is 10.9 Å². The van der Waals surface area contributed by atoms with Crippen molar-refractivity contribution >= 4 is 22.5 Å². The lowest BCUT2D eigenvalue weighted by Gasteiger charge is -2.15. The number of nitrogens with zero attached hydrogens (tertiary/aromatic N) is 5. The SMILES string of the molecule is COc1cn(-c2cc3ccnc(F)c3[nH]2)c(=O)cc1-c1cc(Cl)ccc1-n1cc(C(F)(F)F)nn1. The molecule has 4 heterocycles. The van der Waals surface area contributed by atoms with Crippen molar-refractivity contribution in [1.82, 2.24) is 29.5 Å². The summed E-state index contributed by atoms with van der Waals surface area (Å²) in [5.74, 6) is -0.263. The number of rotatable bonds is 4. The van der Waals surface area contributed by atoms with E-state index in [4.69, 9.17) is 16.3 Å². The van der Waals surface area contributed by atoms with Gasteiger partial charge in [-0.1, -0.05) is 16.8 Å². The zero-order valence-corrected chi connectivity index (χ0v) is 18.4. The summed E-state index contributed by atoms with van der Waals surface area (Å²) in [7, 11) is 1.36. The minimum atomic E-state index is -4.68. The molecule has 0 aliphatic carbocycles. The molecule has 178 valence electrons. The second-order valence-corrected chi connectivity index (χ2v) is 7.83. The number of alkyl halides is 3. The zero-order chi connectivity index (χ0) is 24.9. The molecule has 0 fully saturated rings. The van der Waals surface area contributed by atoms with Crippen molar-refractivity contribution in [3.05, 3.63) is 82.0 Å². The average molecular weight is 505 g/mol. The predicted octanol–water partition coefficient (Wildman–Crippen LogP) is 4.78. The number of hydrogen-bond acceptors (Lipinski definition) is 5. The van der Waals surface area contributed by atoms with Crippen LogP contribution in [-0.4, -0.2) is 36.6 Å². The van der Waals surface area contributed by atoms with Crippen LogP contribution in [0.5, 0.6) is 5.75 Å². The summed E-state index contributed by atoms with van der Waals surface area (Å²) < 4.78 is 60.8. The van der Waals surface area contributed by atoms with Gasteiger partial charge in [0.25, 0.3) is 5.56 Å². The van der Waals surface area contributed by atoms with Gasteiger partial charge >= 0.3 is 6.18 Å². The van der Waals surface area contributed by atoms with Gasteiger partial charge in [-0.05, 0) is 30.3 Å². The van der Waals surface area contributed by atoms with E-state index in [1.54, 1.807) is 12.1 Å². The molecule has 0 aliphatic rings. The van der Waals surface area contributed by atoms with Crippen LogP contribution >= 0.6 is 11.6 Å². The number of benzene rings is 1. The Morgan fingerprint density at radius 2 is 1.89 bits per heavy atom. The van der Waals surface area contributed by atoms with Gasteiger partial charge in [-0.3, -0.25) is 9.36 Å². The first-order valence-electron chi connectivity index (χ1n) is 9.90. The number of ether oxygens (including phenoxy) is 1. The maximum atomic E-state index is 14.0. The number of H-pyrrole nitrogens is 1. The van der Waals surface area contributed by atoms with Crippen molar-refractivity contribution in [2.24, 2.45) is 0 Å². The summed E-state index contributed by atoms with van der Waals surface area (Å²) in [5.41, 5.74) is -0.862. The quantitative estimate of drug-likeness (QED) is 0.281. The summed E-state index contributed by atoms with van der Waals surface area (Å²) in [4.78, 5) is 19.5. The minimum absolute atomic E-state index is 0.126. The molecule has 35 heavy (non-hydrogen) atoms. The van der Waals surface area contributed by atoms with Crippen LogP contribution in [0.4, 0.5) is 17.6 Å². The van der Waals surface area contributed by atoms with Crippen molar-refractivity contribution in [2.45, 2.75) is 6.18 Å². The third-order valence-electron chi connectivity index (χ3n) is 5.26. The van der Waals surface area contributed by atoms with E-state index in [-0.39, 0.29) is 38.9 Å². The maximum absolute atomic E-state index is 14.0. The summed E-state index contributed by atoms with van der Waals surface area (Å²) in [6.07, 6.45) is -1.28.